The van der Waals surface area contributed by atoms with E-state index in [1.165, 1.54) is 12.1 Å². The monoisotopic (exact) mass is 517 g/mol. The Balaban J connectivity index is 1.73. The highest BCUT2D eigenvalue weighted by Crippen LogP contribution is 2.35. The zero-order valence-corrected chi connectivity index (χ0v) is 19.1. The lowest BCUT2D eigenvalue weighted by atomic mass is 10.2. The third kappa shape index (κ3) is 5.70. The Kier molecular flexibility index (Phi) is 7.52. The van der Waals surface area contributed by atoms with Crippen LogP contribution in [0.3, 0.4) is 0 Å². The molecule has 0 amide bonds. The number of ether oxygens (including phenoxy) is 2. The fraction of sp³-hybridized carbons (Fsp3) is 0.143. The number of nitrogens with one attached hydrogen (secondary N) is 1. The van der Waals surface area contributed by atoms with Gasteiger partial charge in [-0.15, -0.1) is 0 Å². The SMILES string of the molecule is COc1cc(CNc2ccc(F)c(Cl)c2)c(Br)cc1OCc1ccc(Cl)cc1Cl. The highest BCUT2D eigenvalue weighted by atomic mass is 79.9. The molecule has 0 aliphatic heterocycles. The molecular weight excluding hydrogens is 503 g/mol. The van der Waals surface area contributed by atoms with E-state index >= 15 is 0 Å². The van der Waals surface area contributed by atoms with Crippen LogP contribution in [-0.4, -0.2) is 7.11 Å². The van der Waals surface area contributed by atoms with Crippen LogP contribution in [0.5, 0.6) is 11.5 Å². The minimum Gasteiger partial charge on any atom is -0.493 e. The molecule has 0 fully saturated rings. The van der Waals surface area contributed by atoms with Gasteiger partial charge in [0.25, 0.3) is 0 Å². The van der Waals surface area contributed by atoms with Gasteiger partial charge in [-0.3, -0.25) is 0 Å². The minimum absolute atomic E-state index is 0.0660. The summed E-state index contributed by atoms with van der Waals surface area (Å²) in [6.07, 6.45) is 0. The van der Waals surface area contributed by atoms with Crippen molar-refractivity contribution < 1.29 is 13.9 Å². The maximum atomic E-state index is 13.3. The summed E-state index contributed by atoms with van der Waals surface area (Å²) >= 11 is 21.5. The molecule has 1 N–H and O–H groups in total. The summed E-state index contributed by atoms with van der Waals surface area (Å²) in [6.45, 7) is 0.743. The average Bonchev–Trinajstić information content (AvgIpc) is 2.69. The highest BCUT2D eigenvalue weighted by Gasteiger charge is 2.12. The van der Waals surface area contributed by atoms with Gasteiger partial charge in [0.1, 0.15) is 12.4 Å². The molecule has 0 unspecified atom stereocenters. The van der Waals surface area contributed by atoms with E-state index in [-0.39, 0.29) is 11.6 Å². The Labute approximate surface area is 191 Å². The fourth-order valence-corrected chi connectivity index (χ4v) is 3.69. The second-order valence-electron chi connectivity index (χ2n) is 6.10. The Morgan fingerprint density at radius 1 is 0.931 bits per heavy atom. The molecule has 0 atom stereocenters. The Morgan fingerprint density at radius 3 is 2.41 bits per heavy atom. The van der Waals surface area contributed by atoms with Crippen molar-refractivity contribution in [3.05, 3.63) is 85.0 Å². The molecule has 3 aromatic carbocycles. The number of hydrogen-bond donors (Lipinski definition) is 1. The fourth-order valence-electron chi connectivity index (χ4n) is 2.58. The summed E-state index contributed by atoms with van der Waals surface area (Å²) in [7, 11) is 1.57. The van der Waals surface area contributed by atoms with E-state index in [0.29, 0.717) is 33.8 Å². The number of anilines is 1. The molecule has 0 aliphatic rings. The van der Waals surface area contributed by atoms with E-state index in [4.69, 9.17) is 44.3 Å². The average molecular weight is 520 g/mol. The van der Waals surface area contributed by atoms with Gasteiger partial charge < -0.3 is 14.8 Å². The van der Waals surface area contributed by atoms with E-state index in [2.05, 4.69) is 21.2 Å². The smallest absolute Gasteiger partial charge is 0.162 e. The number of benzene rings is 3. The number of halogens is 5. The van der Waals surface area contributed by atoms with Crippen molar-refractivity contribution in [2.75, 3.05) is 12.4 Å². The maximum Gasteiger partial charge on any atom is 0.162 e. The lowest BCUT2D eigenvalue weighted by molar-refractivity contribution is 0.284. The van der Waals surface area contributed by atoms with Crippen LogP contribution in [-0.2, 0) is 13.2 Å². The van der Waals surface area contributed by atoms with Crippen LogP contribution in [0.1, 0.15) is 11.1 Å². The Bertz CT molecular complexity index is 1030. The van der Waals surface area contributed by atoms with Gasteiger partial charge in [-0.1, -0.05) is 56.8 Å². The minimum atomic E-state index is -0.456. The van der Waals surface area contributed by atoms with Gasteiger partial charge in [-0.25, -0.2) is 4.39 Å². The van der Waals surface area contributed by atoms with Crippen LogP contribution >= 0.6 is 50.7 Å². The molecular formula is C21H16BrCl3FNO2. The van der Waals surface area contributed by atoms with Crippen LogP contribution < -0.4 is 14.8 Å². The van der Waals surface area contributed by atoms with Crippen LogP contribution in [0.2, 0.25) is 15.1 Å². The molecule has 152 valence electrons. The molecule has 29 heavy (non-hydrogen) atoms. The summed E-state index contributed by atoms with van der Waals surface area (Å²) in [5.74, 6) is 0.688. The third-order valence-electron chi connectivity index (χ3n) is 4.13. The van der Waals surface area contributed by atoms with Gasteiger partial charge in [0.15, 0.2) is 11.5 Å². The molecule has 0 aromatic heterocycles. The first kappa shape index (κ1) is 22.0. The molecule has 0 heterocycles. The summed E-state index contributed by atoms with van der Waals surface area (Å²) in [4.78, 5) is 0. The molecule has 0 saturated carbocycles. The zero-order valence-electron chi connectivity index (χ0n) is 15.2. The van der Waals surface area contributed by atoms with Crippen molar-refractivity contribution in [2.24, 2.45) is 0 Å². The summed E-state index contributed by atoms with van der Waals surface area (Å²) in [5.41, 5.74) is 2.45. The standard InChI is InChI=1S/C21H16BrCl3FNO2/c1-28-20-6-13(10-27-15-4-5-19(26)18(25)8-15)16(22)9-21(20)29-11-12-2-3-14(23)7-17(12)24/h2-9,27H,10-11H2,1H3. The van der Waals surface area contributed by atoms with Gasteiger partial charge in [0, 0.05) is 32.3 Å². The molecule has 0 spiro atoms. The van der Waals surface area contributed by atoms with Gasteiger partial charge in [-0.05, 0) is 48.0 Å². The van der Waals surface area contributed by atoms with Crippen LogP contribution in [0.4, 0.5) is 10.1 Å². The topological polar surface area (TPSA) is 30.5 Å². The van der Waals surface area contributed by atoms with Gasteiger partial charge in [0.05, 0.1) is 12.1 Å². The van der Waals surface area contributed by atoms with Crippen LogP contribution in [0, 0.1) is 5.82 Å². The molecule has 8 heteroatoms. The van der Waals surface area contributed by atoms with Crippen molar-refractivity contribution in [1.82, 2.24) is 0 Å². The van der Waals surface area contributed by atoms with Crippen molar-refractivity contribution >= 4 is 56.4 Å². The number of rotatable bonds is 7. The lowest BCUT2D eigenvalue weighted by Gasteiger charge is -2.15. The van der Waals surface area contributed by atoms with E-state index < -0.39 is 5.82 Å². The van der Waals surface area contributed by atoms with E-state index in [0.717, 1.165) is 15.6 Å². The zero-order chi connectivity index (χ0) is 21.0. The first-order valence-electron chi connectivity index (χ1n) is 8.49. The first-order chi connectivity index (χ1) is 13.9. The molecule has 3 rings (SSSR count). The molecule has 0 saturated heterocycles. The van der Waals surface area contributed by atoms with E-state index in [9.17, 15) is 4.39 Å². The molecule has 3 aromatic rings. The quantitative estimate of drug-likeness (QED) is 0.346. The van der Waals surface area contributed by atoms with Gasteiger partial charge in [0.2, 0.25) is 0 Å². The summed E-state index contributed by atoms with van der Waals surface area (Å²) in [5, 5.41) is 4.37. The Morgan fingerprint density at radius 2 is 1.72 bits per heavy atom. The first-order valence-corrected chi connectivity index (χ1v) is 10.4. The number of hydrogen-bond acceptors (Lipinski definition) is 3. The van der Waals surface area contributed by atoms with Crippen LogP contribution in [0.25, 0.3) is 0 Å². The normalized spacial score (nSPS) is 10.7. The summed E-state index contributed by atoms with van der Waals surface area (Å²) in [6, 6.07) is 13.4. The second kappa shape index (κ2) is 9.90. The van der Waals surface area contributed by atoms with Crippen molar-refractivity contribution in [3.8, 4) is 11.5 Å². The van der Waals surface area contributed by atoms with Gasteiger partial charge in [-0.2, -0.15) is 0 Å². The predicted molar refractivity (Wildman–Crippen MR) is 120 cm³/mol. The maximum absolute atomic E-state index is 13.3. The van der Waals surface area contributed by atoms with E-state index in [1.807, 2.05) is 18.2 Å². The van der Waals surface area contributed by atoms with Crippen molar-refractivity contribution in [3.63, 3.8) is 0 Å². The molecule has 0 radical (unpaired) electrons. The van der Waals surface area contributed by atoms with Crippen LogP contribution in [0.15, 0.2) is 53.0 Å². The van der Waals surface area contributed by atoms with Gasteiger partial charge >= 0.3 is 0 Å². The van der Waals surface area contributed by atoms with E-state index in [1.54, 1.807) is 25.3 Å². The second-order valence-corrected chi connectivity index (χ2v) is 8.21. The predicted octanol–water partition coefficient (Wildman–Crippen LogP) is 7.75. The molecule has 3 nitrogen and oxygen atoms in total. The summed E-state index contributed by atoms with van der Waals surface area (Å²) < 4.78 is 25.5. The lowest BCUT2D eigenvalue weighted by Crippen LogP contribution is -2.03. The molecule has 0 bridgehead atoms. The molecule has 0 aliphatic carbocycles. The highest BCUT2D eigenvalue weighted by molar-refractivity contribution is 9.10. The number of methoxy groups -OCH3 is 1. The largest absolute Gasteiger partial charge is 0.493 e. The Hall–Kier alpha value is -1.66. The van der Waals surface area contributed by atoms with Crippen molar-refractivity contribution in [1.29, 1.82) is 0 Å². The van der Waals surface area contributed by atoms with Crippen molar-refractivity contribution in [2.45, 2.75) is 13.2 Å². The third-order valence-corrected chi connectivity index (χ3v) is 5.75.